The predicted molar refractivity (Wildman–Crippen MR) is 58.3 cm³/mol. The molecular formula is C9H11N5OS. The van der Waals surface area contributed by atoms with E-state index in [2.05, 4.69) is 19.7 Å². The summed E-state index contributed by atoms with van der Waals surface area (Å²) in [7, 11) is 1.77. The van der Waals surface area contributed by atoms with Crippen LogP contribution in [-0.2, 0) is 19.9 Å². The van der Waals surface area contributed by atoms with Crippen molar-refractivity contribution in [1.29, 1.82) is 0 Å². The highest BCUT2D eigenvalue weighted by Gasteiger charge is 2.17. The van der Waals surface area contributed by atoms with Crippen LogP contribution < -0.4 is 0 Å². The number of hydrogen-bond acceptors (Lipinski definition) is 6. The second-order valence-corrected chi connectivity index (χ2v) is 4.06. The molecule has 7 heteroatoms. The maximum atomic E-state index is 12.0. The first kappa shape index (κ1) is 10.9. The van der Waals surface area contributed by atoms with Gasteiger partial charge in [0.1, 0.15) is 17.0 Å². The topological polar surface area (TPSA) is 73.6 Å². The molecule has 16 heavy (non-hydrogen) atoms. The van der Waals surface area contributed by atoms with Gasteiger partial charge in [0.15, 0.2) is 5.78 Å². The van der Waals surface area contributed by atoms with Crippen LogP contribution in [0.15, 0.2) is 6.33 Å². The molecule has 0 saturated heterocycles. The summed E-state index contributed by atoms with van der Waals surface area (Å²) in [6.45, 7) is 1.95. The van der Waals surface area contributed by atoms with Crippen molar-refractivity contribution in [3.63, 3.8) is 0 Å². The van der Waals surface area contributed by atoms with E-state index in [4.69, 9.17) is 0 Å². The SMILES string of the molecule is CCc1nnsc1C(=O)Cc1ncnn1C. The van der Waals surface area contributed by atoms with Gasteiger partial charge in [0, 0.05) is 7.05 Å². The van der Waals surface area contributed by atoms with Gasteiger partial charge in [-0.05, 0) is 18.0 Å². The fourth-order valence-electron chi connectivity index (χ4n) is 1.36. The molecule has 84 valence electrons. The summed E-state index contributed by atoms with van der Waals surface area (Å²) in [6.07, 6.45) is 2.40. The first-order valence-electron chi connectivity index (χ1n) is 4.89. The minimum absolute atomic E-state index is 0.00273. The standard InChI is InChI=1S/C9H11N5OS/c1-3-6-9(16-13-12-6)7(15)4-8-10-5-11-14(8)2/h5H,3-4H2,1-2H3. The Labute approximate surface area is 96.5 Å². The zero-order valence-electron chi connectivity index (χ0n) is 9.04. The lowest BCUT2D eigenvalue weighted by molar-refractivity contribution is 0.0992. The molecule has 0 atom stereocenters. The molecule has 2 rings (SSSR count). The molecule has 0 aromatic carbocycles. The van der Waals surface area contributed by atoms with Crippen molar-refractivity contribution >= 4 is 17.3 Å². The average molecular weight is 237 g/mol. The van der Waals surface area contributed by atoms with Crippen molar-refractivity contribution in [3.05, 3.63) is 22.7 Å². The van der Waals surface area contributed by atoms with E-state index in [-0.39, 0.29) is 12.2 Å². The number of nitrogens with zero attached hydrogens (tertiary/aromatic N) is 5. The van der Waals surface area contributed by atoms with E-state index in [0.717, 1.165) is 23.6 Å². The van der Waals surface area contributed by atoms with E-state index in [1.54, 1.807) is 11.7 Å². The second-order valence-electron chi connectivity index (χ2n) is 3.30. The number of ketones is 1. The molecule has 2 aromatic heterocycles. The van der Waals surface area contributed by atoms with E-state index in [1.165, 1.54) is 6.33 Å². The molecule has 0 aliphatic carbocycles. The number of aryl methyl sites for hydroxylation is 2. The molecule has 0 fully saturated rings. The van der Waals surface area contributed by atoms with Gasteiger partial charge in [0.25, 0.3) is 0 Å². The van der Waals surface area contributed by atoms with Crippen LogP contribution >= 0.6 is 11.5 Å². The summed E-state index contributed by atoms with van der Waals surface area (Å²) in [5, 5.41) is 7.83. The molecule has 0 N–H and O–H groups in total. The average Bonchev–Trinajstić information content (AvgIpc) is 2.87. The van der Waals surface area contributed by atoms with Crippen LogP contribution in [-0.4, -0.2) is 30.1 Å². The monoisotopic (exact) mass is 237 g/mol. The van der Waals surface area contributed by atoms with Gasteiger partial charge in [-0.25, -0.2) is 4.98 Å². The van der Waals surface area contributed by atoms with Crippen molar-refractivity contribution in [1.82, 2.24) is 24.4 Å². The van der Waals surface area contributed by atoms with Crippen LogP contribution in [0.4, 0.5) is 0 Å². The summed E-state index contributed by atoms with van der Waals surface area (Å²) >= 11 is 1.14. The smallest absolute Gasteiger partial charge is 0.183 e. The molecule has 0 aliphatic rings. The van der Waals surface area contributed by atoms with Gasteiger partial charge in [-0.15, -0.1) is 5.10 Å². The van der Waals surface area contributed by atoms with E-state index < -0.39 is 0 Å². The van der Waals surface area contributed by atoms with Gasteiger partial charge in [-0.2, -0.15) is 5.10 Å². The third kappa shape index (κ3) is 1.99. The van der Waals surface area contributed by atoms with Crippen LogP contribution in [0.5, 0.6) is 0 Å². The summed E-state index contributed by atoms with van der Waals surface area (Å²) in [4.78, 5) is 16.6. The maximum Gasteiger partial charge on any atom is 0.183 e. The lowest BCUT2D eigenvalue weighted by atomic mass is 10.2. The fourth-order valence-corrected chi connectivity index (χ4v) is 2.04. The lowest BCUT2D eigenvalue weighted by Gasteiger charge is -1.98. The minimum atomic E-state index is 0.00273. The van der Waals surface area contributed by atoms with Gasteiger partial charge < -0.3 is 0 Å². The molecule has 0 amide bonds. The molecule has 0 aliphatic heterocycles. The molecule has 0 spiro atoms. The Morgan fingerprint density at radius 2 is 2.38 bits per heavy atom. The molecule has 2 heterocycles. The van der Waals surface area contributed by atoms with Crippen molar-refractivity contribution < 1.29 is 4.79 Å². The fraction of sp³-hybridized carbons (Fsp3) is 0.444. The first-order valence-corrected chi connectivity index (χ1v) is 5.67. The van der Waals surface area contributed by atoms with Crippen molar-refractivity contribution in [2.45, 2.75) is 19.8 Å². The highest BCUT2D eigenvalue weighted by molar-refractivity contribution is 7.08. The van der Waals surface area contributed by atoms with Crippen LogP contribution in [0.25, 0.3) is 0 Å². The minimum Gasteiger partial charge on any atom is -0.293 e. The molecule has 0 bridgehead atoms. The largest absolute Gasteiger partial charge is 0.293 e. The van der Waals surface area contributed by atoms with Crippen molar-refractivity contribution in [3.8, 4) is 0 Å². The Morgan fingerprint density at radius 3 is 3.00 bits per heavy atom. The van der Waals surface area contributed by atoms with E-state index in [1.807, 2.05) is 6.92 Å². The zero-order chi connectivity index (χ0) is 11.5. The molecular weight excluding hydrogens is 226 g/mol. The van der Waals surface area contributed by atoms with E-state index >= 15 is 0 Å². The molecule has 0 saturated carbocycles. The summed E-state index contributed by atoms with van der Waals surface area (Å²) < 4.78 is 5.39. The van der Waals surface area contributed by atoms with Gasteiger partial charge in [-0.3, -0.25) is 9.48 Å². The number of aromatic nitrogens is 5. The Kier molecular flexibility index (Phi) is 3.04. The third-order valence-electron chi connectivity index (χ3n) is 2.27. The Balaban J connectivity index is 2.18. The second kappa shape index (κ2) is 4.48. The number of Topliss-reactive ketones (excluding diaryl/α,β-unsaturated/α-hetero) is 1. The Morgan fingerprint density at radius 1 is 1.56 bits per heavy atom. The number of carbonyl (C=O) groups is 1. The van der Waals surface area contributed by atoms with Crippen LogP contribution in [0.3, 0.4) is 0 Å². The molecule has 6 nitrogen and oxygen atoms in total. The Hall–Kier alpha value is -1.63. The predicted octanol–water partition coefficient (Wildman–Crippen LogP) is 0.654. The van der Waals surface area contributed by atoms with Crippen LogP contribution in [0.2, 0.25) is 0 Å². The Bertz CT molecular complexity index is 503. The third-order valence-corrected chi connectivity index (χ3v) is 3.08. The van der Waals surface area contributed by atoms with Gasteiger partial charge in [-0.1, -0.05) is 11.4 Å². The van der Waals surface area contributed by atoms with Crippen molar-refractivity contribution in [2.24, 2.45) is 7.05 Å². The highest BCUT2D eigenvalue weighted by atomic mass is 32.1. The van der Waals surface area contributed by atoms with Gasteiger partial charge in [0.05, 0.1) is 12.1 Å². The number of carbonyl (C=O) groups excluding carboxylic acids is 1. The quantitative estimate of drug-likeness (QED) is 0.730. The normalized spacial score (nSPS) is 10.6. The number of hydrogen-bond donors (Lipinski definition) is 0. The summed E-state index contributed by atoms with van der Waals surface area (Å²) in [6, 6.07) is 0. The van der Waals surface area contributed by atoms with Crippen molar-refractivity contribution in [2.75, 3.05) is 0 Å². The number of rotatable bonds is 4. The maximum absolute atomic E-state index is 12.0. The first-order chi connectivity index (χ1) is 7.72. The molecule has 0 radical (unpaired) electrons. The lowest BCUT2D eigenvalue weighted by Crippen LogP contribution is -2.09. The van der Waals surface area contributed by atoms with E-state index in [9.17, 15) is 4.79 Å². The summed E-state index contributed by atoms with van der Waals surface area (Å²) in [5.74, 6) is 0.656. The van der Waals surface area contributed by atoms with Gasteiger partial charge >= 0.3 is 0 Å². The molecule has 2 aromatic rings. The van der Waals surface area contributed by atoms with E-state index in [0.29, 0.717) is 10.7 Å². The zero-order valence-corrected chi connectivity index (χ0v) is 9.86. The van der Waals surface area contributed by atoms with Crippen LogP contribution in [0, 0.1) is 0 Å². The van der Waals surface area contributed by atoms with Gasteiger partial charge in [0.2, 0.25) is 0 Å². The molecule has 0 unspecified atom stereocenters. The summed E-state index contributed by atoms with van der Waals surface area (Å²) in [5.41, 5.74) is 0.761. The highest BCUT2D eigenvalue weighted by Crippen LogP contribution is 2.13. The van der Waals surface area contributed by atoms with Crippen LogP contribution in [0.1, 0.15) is 28.1 Å².